The van der Waals surface area contributed by atoms with E-state index in [1.165, 1.54) is 12.8 Å². The second-order valence-electron chi connectivity index (χ2n) is 7.01. The maximum Gasteiger partial charge on any atom is 0.0611 e. The Bertz CT molecular complexity index is 265. The van der Waals surface area contributed by atoms with Gasteiger partial charge in [-0.2, -0.15) is 0 Å². The van der Waals surface area contributed by atoms with Gasteiger partial charge in [0, 0.05) is 31.3 Å². The lowest BCUT2D eigenvalue weighted by Crippen LogP contribution is -2.53. The molecule has 2 atom stereocenters. The van der Waals surface area contributed by atoms with E-state index in [-0.39, 0.29) is 12.1 Å². The van der Waals surface area contributed by atoms with E-state index in [9.17, 15) is 5.11 Å². The Hall–Kier alpha value is -0.160. The average molecular weight is 286 g/mol. The van der Waals surface area contributed by atoms with Gasteiger partial charge in [-0.1, -0.05) is 13.8 Å². The van der Waals surface area contributed by atoms with Crippen molar-refractivity contribution in [1.29, 1.82) is 0 Å². The molecule has 0 aromatic heterocycles. The Morgan fingerprint density at radius 1 is 1.30 bits per heavy atom. The molecule has 120 valence electrons. The first-order valence-corrected chi connectivity index (χ1v) is 8.01. The third kappa shape index (κ3) is 5.68. The Balaban J connectivity index is 2.44. The van der Waals surface area contributed by atoms with E-state index in [4.69, 9.17) is 4.74 Å². The van der Waals surface area contributed by atoms with E-state index in [0.717, 1.165) is 32.0 Å². The first-order valence-electron chi connectivity index (χ1n) is 8.01. The Morgan fingerprint density at radius 3 is 2.35 bits per heavy atom. The van der Waals surface area contributed by atoms with Crippen molar-refractivity contribution in [3.63, 3.8) is 0 Å². The molecule has 1 heterocycles. The fourth-order valence-corrected chi connectivity index (χ4v) is 3.44. The molecule has 0 amide bonds. The third-order valence-electron chi connectivity index (χ3n) is 4.41. The summed E-state index contributed by atoms with van der Waals surface area (Å²) in [7, 11) is 1.79. The number of nitrogens with zero attached hydrogens (tertiary/aromatic N) is 1. The van der Waals surface area contributed by atoms with Crippen molar-refractivity contribution < 1.29 is 9.84 Å². The van der Waals surface area contributed by atoms with Crippen molar-refractivity contribution in [3.8, 4) is 0 Å². The van der Waals surface area contributed by atoms with Crippen LogP contribution in [0.4, 0.5) is 0 Å². The molecule has 2 unspecified atom stereocenters. The summed E-state index contributed by atoms with van der Waals surface area (Å²) in [5.74, 6) is 0.724. The van der Waals surface area contributed by atoms with Crippen LogP contribution in [0, 0.1) is 5.92 Å². The zero-order valence-electron chi connectivity index (χ0n) is 14.0. The number of nitrogens with one attached hydrogen (secondary N) is 1. The lowest BCUT2D eigenvalue weighted by atomic mass is 9.90. The Kier molecular flexibility index (Phi) is 7.45. The van der Waals surface area contributed by atoms with Crippen molar-refractivity contribution in [2.45, 2.75) is 64.6 Å². The van der Waals surface area contributed by atoms with Gasteiger partial charge in [0.1, 0.15) is 0 Å². The molecule has 20 heavy (non-hydrogen) atoms. The molecule has 0 aromatic rings. The number of aliphatic hydroxyl groups excluding tert-OH is 1. The first-order chi connectivity index (χ1) is 9.40. The summed E-state index contributed by atoms with van der Waals surface area (Å²) >= 11 is 0. The van der Waals surface area contributed by atoms with Crippen LogP contribution in [-0.2, 0) is 4.74 Å². The van der Waals surface area contributed by atoms with Crippen LogP contribution in [-0.4, -0.2) is 61.0 Å². The molecule has 1 rings (SSSR count). The minimum atomic E-state index is -0.184. The molecule has 1 aliphatic heterocycles. The van der Waals surface area contributed by atoms with Gasteiger partial charge in [-0.05, 0) is 52.1 Å². The fraction of sp³-hybridized carbons (Fsp3) is 1.00. The standard InChI is InChI=1S/C16H34N2O2/c1-13(2)17-16(4,12-19)10-14(3)18-8-6-15(7-9-18)11-20-5/h13-15,17,19H,6-12H2,1-5H3. The average Bonchev–Trinajstić information content (AvgIpc) is 2.39. The predicted octanol–water partition coefficient (Wildman–Crippen LogP) is 1.87. The molecule has 0 spiro atoms. The van der Waals surface area contributed by atoms with Crippen LogP contribution < -0.4 is 5.32 Å². The van der Waals surface area contributed by atoms with Crippen LogP contribution in [0.2, 0.25) is 0 Å². The number of methoxy groups -OCH3 is 1. The van der Waals surface area contributed by atoms with Crippen molar-refractivity contribution in [2.24, 2.45) is 5.92 Å². The lowest BCUT2D eigenvalue weighted by molar-refractivity contribution is 0.0625. The van der Waals surface area contributed by atoms with Crippen molar-refractivity contribution in [1.82, 2.24) is 10.2 Å². The molecule has 0 aliphatic carbocycles. The summed E-state index contributed by atoms with van der Waals surface area (Å²) in [5.41, 5.74) is -0.184. The molecule has 0 radical (unpaired) electrons. The largest absolute Gasteiger partial charge is 0.394 e. The normalized spacial score (nSPS) is 22.9. The fourth-order valence-electron chi connectivity index (χ4n) is 3.44. The predicted molar refractivity (Wildman–Crippen MR) is 84.0 cm³/mol. The van der Waals surface area contributed by atoms with Crippen LogP contribution in [0.1, 0.15) is 47.0 Å². The van der Waals surface area contributed by atoms with Gasteiger partial charge in [-0.25, -0.2) is 0 Å². The third-order valence-corrected chi connectivity index (χ3v) is 4.41. The van der Waals surface area contributed by atoms with Gasteiger partial charge in [-0.15, -0.1) is 0 Å². The Labute approximate surface area is 124 Å². The summed E-state index contributed by atoms with van der Waals surface area (Å²) < 4.78 is 5.26. The van der Waals surface area contributed by atoms with Crippen LogP contribution >= 0.6 is 0 Å². The van der Waals surface area contributed by atoms with Gasteiger partial charge in [0.05, 0.1) is 6.61 Å². The molecule has 4 heteroatoms. The summed E-state index contributed by atoms with van der Waals surface area (Å²) in [6.07, 6.45) is 3.44. The topological polar surface area (TPSA) is 44.7 Å². The maximum atomic E-state index is 9.70. The van der Waals surface area contributed by atoms with E-state index < -0.39 is 0 Å². The highest BCUT2D eigenvalue weighted by Crippen LogP contribution is 2.23. The zero-order chi connectivity index (χ0) is 15.2. The molecule has 4 nitrogen and oxygen atoms in total. The van der Waals surface area contributed by atoms with Gasteiger partial charge in [0.25, 0.3) is 0 Å². The van der Waals surface area contributed by atoms with E-state index in [0.29, 0.717) is 12.1 Å². The maximum absolute atomic E-state index is 9.70. The van der Waals surface area contributed by atoms with Crippen LogP contribution in [0.5, 0.6) is 0 Å². The summed E-state index contributed by atoms with van der Waals surface area (Å²) in [6, 6.07) is 0.897. The smallest absolute Gasteiger partial charge is 0.0611 e. The number of hydrogen-bond acceptors (Lipinski definition) is 4. The molecule has 2 N–H and O–H groups in total. The molecular weight excluding hydrogens is 252 g/mol. The second kappa shape index (κ2) is 8.32. The minimum Gasteiger partial charge on any atom is -0.394 e. The van der Waals surface area contributed by atoms with Crippen LogP contribution in [0.15, 0.2) is 0 Å². The molecule has 1 aliphatic rings. The van der Waals surface area contributed by atoms with Crippen molar-refractivity contribution in [3.05, 3.63) is 0 Å². The highest BCUT2D eigenvalue weighted by Gasteiger charge is 2.30. The summed E-state index contributed by atoms with van der Waals surface area (Å²) in [4.78, 5) is 2.56. The lowest BCUT2D eigenvalue weighted by Gasteiger charge is -2.40. The van der Waals surface area contributed by atoms with Gasteiger partial charge < -0.3 is 20.1 Å². The number of rotatable bonds is 8. The Morgan fingerprint density at radius 2 is 1.90 bits per heavy atom. The molecule has 1 fully saturated rings. The van der Waals surface area contributed by atoms with Gasteiger partial charge in [0.2, 0.25) is 0 Å². The van der Waals surface area contributed by atoms with E-state index in [2.05, 4.69) is 37.9 Å². The molecule has 0 bridgehead atoms. The monoisotopic (exact) mass is 286 g/mol. The summed E-state index contributed by atoms with van der Waals surface area (Å²) in [6.45, 7) is 12.1. The molecule has 0 saturated carbocycles. The number of aliphatic hydroxyl groups is 1. The van der Waals surface area contributed by atoms with E-state index in [1.54, 1.807) is 7.11 Å². The van der Waals surface area contributed by atoms with Crippen LogP contribution in [0.25, 0.3) is 0 Å². The summed E-state index contributed by atoms with van der Waals surface area (Å²) in [5, 5.41) is 13.2. The van der Waals surface area contributed by atoms with Gasteiger partial charge in [0.15, 0.2) is 0 Å². The van der Waals surface area contributed by atoms with E-state index >= 15 is 0 Å². The van der Waals surface area contributed by atoms with Crippen LogP contribution in [0.3, 0.4) is 0 Å². The molecule has 1 saturated heterocycles. The van der Waals surface area contributed by atoms with E-state index in [1.807, 2.05) is 0 Å². The molecule has 0 aromatic carbocycles. The van der Waals surface area contributed by atoms with Crippen molar-refractivity contribution >= 4 is 0 Å². The number of piperidine rings is 1. The highest BCUT2D eigenvalue weighted by molar-refractivity contribution is 4.89. The quantitative estimate of drug-likeness (QED) is 0.715. The number of hydrogen-bond donors (Lipinski definition) is 2. The number of ether oxygens (including phenoxy) is 1. The second-order valence-corrected chi connectivity index (χ2v) is 7.01. The minimum absolute atomic E-state index is 0.184. The first kappa shape index (κ1) is 17.9. The van der Waals surface area contributed by atoms with Gasteiger partial charge >= 0.3 is 0 Å². The SMILES string of the molecule is COCC1CCN(C(C)CC(C)(CO)NC(C)C)CC1. The van der Waals surface area contributed by atoms with Crippen molar-refractivity contribution in [2.75, 3.05) is 33.4 Å². The highest BCUT2D eigenvalue weighted by atomic mass is 16.5. The molecular formula is C16H34N2O2. The number of likely N-dealkylation sites (tertiary alicyclic amines) is 1. The van der Waals surface area contributed by atoms with Gasteiger partial charge in [-0.3, -0.25) is 0 Å². The zero-order valence-corrected chi connectivity index (χ0v) is 14.0.